The summed E-state index contributed by atoms with van der Waals surface area (Å²) in [6, 6.07) is 3.31. The summed E-state index contributed by atoms with van der Waals surface area (Å²) in [6.45, 7) is 6.45. The van der Waals surface area contributed by atoms with Gasteiger partial charge in [0, 0.05) is 48.9 Å². The Morgan fingerprint density at radius 2 is 2.00 bits per heavy atom. The highest BCUT2D eigenvalue weighted by atomic mass is 16.5. The van der Waals surface area contributed by atoms with Gasteiger partial charge < -0.3 is 18.6 Å². The molecule has 3 heterocycles. The lowest BCUT2D eigenvalue weighted by molar-refractivity contribution is 0.0465. The molecule has 2 aromatic rings. The maximum absolute atomic E-state index is 12.6. The quantitative estimate of drug-likeness (QED) is 0.540. The molecule has 0 saturated carbocycles. The van der Waals surface area contributed by atoms with Gasteiger partial charge in [-0.15, -0.1) is 0 Å². The fourth-order valence-electron chi connectivity index (χ4n) is 3.60. The molecular weight excluding hydrogens is 360 g/mol. The smallest absolute Gasteiger partial charge is 0.355 e. The Hall–Kier alpha value is -2.67. The summed E-state index contributed by atoms with van der Waals surface area (Å²) in [5.41, 5.74) is 3.06. The van der Waals surface area contributed by atoms with Gasteiger partial charge in [0.05, 0.1) is 6.10 Å². The molecule has 28 heavy (non-hydrogen) atoms. The summed E-state index contributed by atoms with van der Waals surface area (Å²) >= 11 is 0. The molecule has 7 nitrogen and oxygen atoms in total. The average Bonchev–Trinajstić information content (AvgIpc) is 3.36. The van der Waals surface area contributed by atoms with E-state index in [4.69, 9.17) is 9.47 Å². The van der Waals surface area contributed by atoms with Gasteiger partial charge in [0.25, 0.3) is 0 Å². The average molecular weight is 386 g/mol. The van der Waals surface area contributed by atoms with Gasteiger partial charge in [-0.25, -0.2) is 4.79 Å². The highest BCUT2D eigenvalue weighted by Gasteiger charge is 2.22. The molecule has 0 amide bonds. The molecule has 0 unspecified atom stereocenters. The van der Waals surface area contributed by atoms with Crippen molar-refractivity contribution in [3.8, 4) is 0 Å². The first-order valence-electron chi connectivity index (χ1n) is 9.44. The number of hydrogen-bond donors (Lipinski definition) is 0. The second-order valence-corrected chi connectivity index (χ2v) is 7.31. The van der Waals surface area contributed by atoms with Crippen molar-refractivity contribution in [1.29, 1.82) is 0 Å². The lowest BCUT2D eigenvalue weighted by atomic mass is 10.1. The number of aromatic nitrogens is 2. The maximum atomic E-state index is 12.6. The summed E-state index contributed by atoms with van der Waals surface area (Å²) in [5, 5.41) is 0. The third-order valence-electron chi connectivity index (χ3n) is 5.24. The number of aryl methyl sites for hydroxylation is 2. The fraction of sp³-hybridized carbons (Fsp3) is 0.476. The zero-order valence-electron chi connectivity index (χ0n) is 16.8. The Bertz CT molecular complexity index is 916. The van der Waals surface area contributed by atoms with E-state index in [1.54, 1.807) is 13.2 Å². The van der Waals surface area contributed by atoms with E-state index in [0.29, 0.717) is 11.1 Å². The molecule has 0 bridgehead atoms. The van der Waals surface area contributed by atoms with Crippen LogP contribution in [0.15, 0.2) is 18.3 Å². The number of ether oxygens (including phenoxy) is 2. The minimum atomic E-state index is -0.628. The molecule has 0 aromatic carbocycles. The molecule has 0 spiro atoms. The Morgan fingerprint density at radius 1 is 1.25 bits per heavy atom. The van der Waals surface area contributed by atoms with Crippen LogP contribution in [0.3, 0.4) is 0 Å². The van der Waals surface area contributed by atoms with Crippen LogP contribution in [0.5, 0.6) is 0 Å². The van der Waals surface area contributed by atoms with Crippen LogP contribution in [-0.4, -0.2) is 46.0 Å². The number of hydrogen-bond acceptors (Lipinski definition) is 5. The first kappa shape index (κ1) is 20.1. The van der Waals surface area contributed by atoms with Crippen LogP contribution in [0.2, 0.25) is 0 Å². The minimum absolute atomic E-state index is 0.135. The fourth-order valence-corrected chi connectivity index (χ4v) is 3.60. The van der Waals surface area contributed by atoms with Gasteiger partial charge in [-0.05, 0) is 45.7 Å². The molecule has 0 N–H and O–H groups in total. The molecule has 1 atom stereocenters. The predicted molar refractivity (Wildman–Crippen MR) is 103 cm³/mol. The van der Waals surface area contributed by atoms with Crippen LogP contribution in [-0.2, 0) is 23.1 Å². The number of carbonyl (C=O) groups is 3. The molecule has 7 heteroatoms. The number of ketones is 2. The second-order valence-electron chi connectivity index (χ2n) is 7.31. The van der Waals surface area contributed by atoms with Crippen LogP contribution >= 0.6 is 0 Å². The third-order valence-corrected chi connectivity index (χ3v) is 5.24. The van der Waals surface area contributed by atoms with Crippen LogP contribution < -0.4 is 0 Å². The topological polar surface area (TPSA) is 79.5 Å². The molecule has 0 radical (unpaired) electrons. The lowest BCUT2D eigenvalue weighted by Crippen LogP contribution is -2.18. The van der Waals surface area contributed by atoms with E-state index in [0.717, 1.165) is 37.4 Å². The summed E-state index contributed by atoms with van der Waals surface area (Å²) in [6.07, 6.45) is 3.84. The third kappa shape index (κ3) is 4.09. The molecule has 0 aliphatic carbocycles. The zero-order valence-corrected chi connectivity index (χ0v) is 16.8. The summed E-state index contributed by atoms with van der Waals surface area (Å²) < 4.78 is 14.5. The number of carbonyl (C=O) groups excluding carboxylic acids is 3. The Kier molecular flexibility index (Phi) is 5.84. The van der Waals surface area contributed by atoms with E-state index in [1.165, 1.54) is 17.6 Å². The molecule has 1 fully saturated rings. The number of nitrogens with zero attached hydrogens (tertiary/aromatic N) is 2. The first-order chi connectivity index (χ1) is 13.3. The Labute approximate surface area is 164 Å². The number of Topliss-reactive ketones (excluding diaryl/α,β-unsaturated/α-hetero) is 2. The lowest BCUT2D eigenvalue weighted by Gasteiger charge is -2.14. The van der Waals surface area contributed by atoms with Gasteiger partial charge in [-0.2, -0.15) is 0 Å². The highest BCUT2D eigenvalue weighted by Crippen LogP contribution is 2.21. The van der Waals surface area contributed by atoms with Crippen molar-refractivity contribution >= 4 is 17.5 Å². The van der Waals surface area contributed by atoms with Gasteiger partial charge in [-0.1, -0.05) is 0 Å². The van der Waals surface area contributed by atoms with Crippen molar-refractivity contribution in [3.05, 3.63) is 46.5 Å². The summed E-state index contributed by atoms with van der Waals surface area (Å²) in [7, 11) is 1.66. The van der Waals surface area contributed by atoms with Crippen molar-refractivity contribution in [2.75, 3.05) is 13.2 Å². The van der Waals surface area contributed by atoms with E-state index in [-0.39, 0.29) is 30.0 Å². The largest absolute Gasteiger partial charge is 0.453 e. The van der Waals surface area contributed by atoms with Crippen molar-refractivity contribution in [2.45, 2.75) is 46.3 Å². The van der Waals surface area contributed by atoms with Crippen molar-refractivity contribution < 1.29 is 23.9 Å². The summed E-state index contributed by atoms with van der Waals surface area (Å²) in [4.78, 5) is 36.4. The standard InChI is InChI=1S/C21H26N2O5/c1-13-8-18(14(2)23(13)11-17-6-5-7-27-17)20(25)12-28-21(26)19-9-16(15(3)24)10-22(19)4/h8-10,17H,5-7,11-12H2,1-4H3/t17-/m1/s1. The van der Waals surface area contributed by atoms with Gasteiger partial charge in [-0.3, -0.25) is 9.59 Å². The molecule has 1 aliphatic rings. The normalized spacial score (nSPS) is 16.4. The van der Waals surface area contributed by atoms with Crippen LogP contribution in [0.25, 0.3) is 0 Å². The van der Waals surface area contributed by atoms with Gasteiger partial charge in [0.2, 0.25) is 5.78 Å². The SMILES string of the molecule is CC(=O)c1cc(C(=O)OCC(=O)c2cc(C)n(C[C@H]3CCCO3)c2C)n(C)c1. The van der Waals surface area contributed by atoms with Gasteiger partial charge in [0.15, 0.2) is 12.4 Å². The molecule has 150 valence electrons. The van der Waals surface area contributed by atoms with Crippen LogP contribution in [0, 0.1) is 13.8 Å². The van der Waals surface area contributed by atoms with E-state index in [9.17, 15) is 14.4 Å². The molecule has 3 rings (SSSR count). The Balaban J connectivity index is 1.66. The van der Waals surface area contributed by atoms with Gasteiger partial charge >= 0.3 is 5.97 Å². The van der Waals surface area contributed by atoms with Crippen molar-refractivity contribution in [3.63, 3.8) is 0 Å². The molecular formula is C21H26N2O5. The first-order valence-corrected chi connectivity index (χ1v) is 9.44. The maximum Gasteiger partial charge on any atom is 0.355 e. The van der Waals surface area contributed by atoms with E-state index in [1.807, 2.05) is 19.9 Å². The predicted octanol–water partition coefficient (Wildman–Crippen LogP) is 2.86. The monoisotopic (exact) mass is 386 g/mol. The molecule has 1 aliphatic heterocycles. The zero-order chi connectivity index (χ0) is 20.4. The molecule has 2 aromatic heterocycles. The van der Waals surface area contributed by atoms with Crippen LogP contribution in [0.4, 0.5) is 0 Å². The van der Waals surface area contributed by atoms with E-state index < -0.39 is 5.97 Å². The van der Waals surface area contributed by atoms with Crippen LogP contribution in [0.1, 0.15) is 62.4 Å². The molecule has 1 saturated heterocycles. The van der Waals surface area contributed by atoms with E-state index >= 15 is 0 Å². The van der Waals surface area contributed by atoms with Crippen molar-refractivity contribution in [1.82, 2.24) is 9.13 Å². The Morgan fingerprint density at radius 3 is 2.61 bits per heavy atom. The number of rotatable bonds is 7. The summed E-state index contributed by atoms with van der Waals surface area (Å²) in [5.74, 6) is -1.01. The minimum Gasteiger partial charge on any atom is -0.453 e. The second kappa shape index (κ2) is 8.14. The van der Waals surface area contributed by atoms with Gasteiger partial charge in [0.1, 0.15) is 5.69 Å². The van der Waals surface area contributed by atoms with E-state index in [2.05, 4.69) is 4.57 Å². The highest BCUT2D eigenvalue weighted by molar-refractivity contribution is 6.01. The number of esters is 1. The van der Waals surface area contributed by atoms with Crippen molar-refractivity contribution in [2.24, 2.45) is 7.05 Å².